The molecule has 7 nitrogen and oxygen atoms in total. The van der Waals surface area contributed by atoms with Crippen molar-refractivity contribution in [3.63, 3.8) is 0 Å². The lowest BCUT2D eigenvalue weighted by Gasteiger charge is -2.37. The van der Waals surface area contributed by atoms with E-state index in [1.807, 2.05) is 13.8 Å². The van der Waals surface area contributed by atoms with Crippen LogP contribution in [0.5, 0.6) is 0 Å². The Morgan fingerprint density at radius 1 is 1.00 bits per heavy atom. The van der Waals surface area contributed by atoms with Crippen LogP contribution in [-0.4, -0.2) is 59.3 Å². The van der Waals surface area contributed by atoms with Gasteiger partial charge in [0.2, 0.25) is 15.9 Å². The molecule has 0 N–H and O–H groups in total. The first-order valence-electron chi connectivity index (χ1n) is 10.4. The second-order valence-electron chi connectivity index (χ2n) is 8.14. The monoisotopic (exact) mass is 462 g/mol. The quantitative estimate of drug-likeness (QED) is 0.584. The van der Waals surface area contributed by atoms with Crippen molar-refractivity contribution in [1.82, 2.24) is 18.8 Å². The van der Waals surface area contributed by atoms with Crippen molar-refractivity contribution in [3.8, 4) is 0 Å². The van der Waals surface area contributed by atoms with E-state index in [1.54, 1.807) is 39.8 Å². The minimum atomic E-state index is -3.63. The molecule has 1 fully saturated rings. The van der Waals surface area contributed by atoms with Gasteiger partial charge in [0.25, 0.3) is 0 Å². The van der Waals surface area contributed by atoms with Gasteiger partial charge < -0.3 is 9.47 Å². The second kappa shape index (κ2) is 8.59. The van der Waals surface area contributed by atoms with Crippen molar-refractivity contribution in [2.75, 3.05) is 26.2 Å². The van der Waals surface area contributed by atoms with Crippen LogP contribution in [0.1, 0.15) is 19.9 Å². The fourth-order valence-electron chi connectivity index (χ4n) is 4.05. The van der Waals surface area contributed by atoms with Crippen molar-refractivity contribution in [3.05, 3.63) is 60.4 Å². The highest BCUT2D eigenvalue weighted by atomic mass is 32.2. The second-order valence-corrected chi connectivity index (χ2v) is 10.1. The summed E-state index contributed by atoms with van der Waals surface area (Å²) in [5.74, 6) is -2.36. The number of rotatable bonds is 5. The minimum Gasteiger partial charge on any atom is -0.338 e. The van der Waals surface area contributed by atoms with Gasteiger partial charge in [0.05, 0.1) is 22.3 Å². The van der Waals surface area contributed by atoms with Crippen LogP contribution in [0, 0.1) is 17.6 Å². The molecule has 1 aromatic heterocycles. The molecule has 0 aliphatic carbocycles. The van der Waals surface area contributed by atoms with Gasteiger partial charge >= 0.3 is 0 Å². The largest absolute Gasteiger partial charge is 0.338 e. The molecule has 0 spiro atoms. The molecule has 1 aliphatic rings. The molecule has 2 heterocycles. The van der Waals surface area contributed by atoms with Gasteiger partial charge in [-0.15, -0.1) is 0 Å². The zero-order valence-corrected chi connectivity index (χ0v) is 18.6. The summed E-state index contributed by atoms with van der Waals surface area (Å²) < 4.78 is 56.0. The molecule has 4 rings (SSSR count). The summed E-state index contributed by atoms with van der Waals surface area (Å²) in [7, 11) is -3.63. The van der Waals surface area contributed by atoms with Gasteiger partial charge in [0.1, 0.15) is 6.04 Å². The summed E-state index contributed by atoms with van der Waals surface area (Å²) >= 11 is 0. The molecule has 1 aliphatic heterocycles. The van der Waals surface area contributed by atoms with E-state index in [1.165, 1.54) is 10.6 Å². The summed E-state index contributed by atoms with van der Waals surface area (Å²) in [6, 6.07) is 9.57. The Morgan fingerprint density at radius 3 is 2.25 bits per heavy atom. The van der Waals surface area contributed by atoms with Gasteiger partial charge in [-0.1, -0.05) is 32.0 Å². The SMILES string of the molecule is CC(C)C(C(=O)N1CCN(S(=O)(=O)c2ccccc2)CC1)n1cnc2cc(F)c(F)cc21. The molecule has 0 bridgehead atoms. The number of hydrogen-bond acceptors (Lipinski definition) is 4. The molecule has 170 valence electrons. The first kappa shape index (κ1) is 22.3. The number of hydrogen-bond donors (Lipinski definition) is 0. The lowest BCUT2D eigenvalue weighted by atomic mass is 10.0. The lowest BCUT2D eigenvalue weighted by Crippen LogP contribution is -2.52. The third-order valence-corrected chi connectivity index (χ3v) is 7.65. The maximum atomic E-state index is 13.8. The molecule has 3 aromatic rings. The molecule has 1 atom stereocenters. The summed E-state index contributed by atoms with van der Waals surface area (Å²) in [4.78, 5) is 19.4. The van der Waals surface area contributed by atoms with E-state index < -0.39 is 27.7 Å². The predicted molar refractivity (Wildman–Crippen MR) is 115 cm³/mol. The van der Waals surface area contributed by atoms with Crippen molar-refractivity contribution >= 4 is 27.0 Å². The maximum absolute atomic E-state index is 13.8. The zero-order valence-electron chi connectivity index (χ0n) is 17.8. The van der Waals surface area contributed by atoms with Crippen LogP contribution in [0.15, 0.2) is 53.7 Å². The number of piperazine rings is 1. The van der Waals surface area contributed by atoms with Gasteiger partial charge in [0, 0.05) is 38.3 Å². The van der Waals surface area contributed by atoms with E-state index in [0.29, 0.717) is 5.52 Å². The summed E-state index contributed by atoms with van der Waals surface area (Å²) in [5.41, 5.74) is 0.599. The number of imidazole rings is 1. The first-order chi connectivity index (χ1) is 15.2. The number of sulfonamides is 1. The van der Waals surface area contributed by atoms with Crippen molar-refractivity contribution in [2.45, 2.75) is 24.8 Å². The van der Waals surface area contributed by atoms with Crippen LogP contribution in [0.3, 0.4) is 0 Å². The smallest absolute Gasteiger partial charge is 0.246 e. The summed E-state index contributed by atoms with van der Waals surface area (Å²) in [5, 5.41) is 0. The van der Waals surface area contributed by atoms with E-state index >= 15 is 0 Å². The zero-order chi connectivity index (χ0) is 23.0. The molecule has 10 heteroatoms. The molecule has 2 aromatic carbocycles. The van der Waals surface area contributed by atoms with E-state index in [2.05, 4.69) is 4.98 Å². The molecular formula is C22H24F2N4O3S. The number of benzene rings is 2. The third-order valence-electron chi connectivity index (χ3n) is 5.73. The van der Waals surface area contributed by atoms with Crippen LogP contribution in [0.2, 0.25) is 0 Å². The van der Waals surface area contributed by atoms with E-state index in [9.17, 15) is 22.0 Å². The fourth-order valence-corrected chi connectivity index (χ4v) is 5.49. The predicted octanol–water partition coefficient (Wildman–Crippen LogP) is 3.04. The molecule has 1 amide bonds. The van der Waals surface area contributed by atoms with Gasteiger partial charge in [-0.25, -0.2) is 22.2 Å². The highest BCUT2D eigenvalue weighted by molar-refractivity contribution is 7.89. The average molecular weight is 463 g/mol. The molecule has 1 unspecified atom stereocenters. The Bertz CT molecular complexity index is 1240. The molecule has 1 saturated heterocycles. The highest BCUT2D eigenvalue weighted by Gasteiger charge is 2.34. The highest BCUT2D eigenvalue weighted by Crippen LogP contribution is 2.28. The van der Waals surface area contributed by atoms with Gasteiger partial charge in [-0.3, -0.25) is 4.79 Å². The van der Waals surface area contributed by atoms with Crippen LogP contribution < -0.4 is 0 Å². The fraction of sp³-hybridized carbons (Fsp3) is 0.364. The number of fused-ring (bicyclic) bond motifs is 1. The van der Waals surface area contributed by atoms with Crippen LogP contribution in [0.25, 0.3) is 11.0 Å². The van der Waals surface area contributed by atoms with Gasteiger partial charge in [-0.2, -0.15) is 4.31 Å². The van der Waals surface area contributed by atoms with E-state index in [-0.39, 0.29) is 48.4 Å². The van der Waals surface area contributed by atoms with Crippen LogP contribution in [0.4, 0.5) is 8.78 Å². The molecule has 0 radical (unpaired) electrons. The Kier molecular flexibility index (Phi) is 6.00. The van der Waals surface area contributed by atoms with Crippen LogP contribution in [-0.2, 0) is 14.8 Å². The van der Waals surface area contributed by atoms with Crippen LogP contribution >= 0.6 is 0 Å². The standard InChI is InChI=1S/C22H24F2N4O3S/c1-15(2)21(28-14-25-19-12-17(23)18(24)13-20(19)28)22(29)26-8-10-27(11-9-26)32(30,31)16-6-4-3-5-7-16/h3-7,12-15,21H,8-11H2,1-2H3. The number of nitrogens with zero attached hydrogens (tertiary/aromatic N) is 4. The topological polar surface area (TPSA) is 75.5 Å². The number of halogens is 2. The first-order valence-corrected chi connectivity index (χ1v) is 11.8. The number of carbonyl (C=O) groups excluding carboxylic acids is 1. The summed E-state index contributed by atoms with van der Waals surface area (Å²) in [6.45, 7) is 4.57. The van der Waals surface area contributed by atoms with Gasteiger partial charge in [-0.05, 0) is 18.1 Å². The Hall–Kier alpha value is -2.85. The van der Waals surface area contributed by atoms with E-state index in [4.69, 9.17) is 0 Å². The lowest BCUT2D eigenvalue weighted by molar-refractivity contribution is -0.137. The molecular weight excluding hydrogens is 438 g/mol. The average Bonchev–Trinajstić information content (AvgIpc) is 3.16. The Labute approximate surface area is 185 Å². The maximum Gasteiger partial charge on any atom is 0.246 e. The Balaban J connectivity index is 1.54. The van der Waals surface area contributed by atoms with E-state index in [0.717, 1.165) is 12.1 Å². The summed E-state index contributed by atoms with van der Waals surface area (Å²) in [6.07, 6.45) is 1.42. The van der Waals surface area contributed by atoms with Crippen molar-refractivity contribution < 1.29 is 22.0 Å². The normalized spacial score (nSPS) is 16.6. The molecule has 0 saturated carbocycles. The number of aromatic nitrogens is 2. The van der Waals surface area contributed by atoms with Crippen molar-refractivity contribution in [1.29, 1.82) is 0 Å². The third kappa shape index (κ3) is 4.00. The van der Waals surface area contributed by atoms with Crippen molar-refractivity contribution in [2.24, 2.45) is 5.92 Å². The molecule has 32 heavy (non-hydrogen) atoms. The minimum absolute atomic E-state index is 0.154. The number of carbonyl (C=O) groups is 1. The van der Waals surface area contributed by atoms with Gasteiger partial charge in [0.15, 0.2) is 11.6 Å². The number of amides is 1. The Morgan fingerprint density at radius 2 is 1.62 bits per heavy atom.